The van der Waals surface area contributed by atoms with Crippen LogP contribution in [0.5, 0.6) is 0 Å². The highest BCUT2D eigenvalue weighted by molar-refractivity contribution is 9.10. The molecule has 1 aromatic rings. The first-order valence-corrected chi connectivity index (χ1v) is 6.81. The Morgan fingerprint density at radius 1 is 1.43 bits per heavy atom. The lowest BCUT2D eigenvalue weighted by Gasteiger charge is -2.07. The monoisotopic (exact) mass is 277 g/mol. The number of sulfone groups is 1. The lowest BCUT2D eigenvalue weighted by Crippen LogP contribution is -2.09. The zero-order valence-corrected chi connectivity index (χ0v) is 10.2. The molecule has 0 fully saturated rings. The third-order valence-electron chi connectivity index (χ3n) is 1.96. The maximum atomic E-state index is 11.4. The summed E-state index contributed by atoms with van der Waals surface area (Å²) in [5.41, 5.74) is 6.85. The van der Waals surface area contributed by atoms with Gasteiger partial charge in [-0.2, -0.15) is 0 Å². The summed E-state index contributed by atoms with van der Waals surface area (Å²) in [7, 11) is -3.03. The third-order valence-corrected chi connectivity index (χ3v) is 4.31. The second-order valence-corrected chi connectivity index (χ2v) is 6.19. The Balaban J connectivity index is 3.09. The van der Waals surface area contributed by atoms with Crippen molar-refractivity contribution in [3.8, 4) is 0 Å². The van der Waals surface area contributed by atoms with Gasteiger partial charge >= 0.3 is 0 Å². The molecule has 1 aromatic carbocycles. The average Bonchev–Trinajstić information content (AvgIpc) is 2.12. The highest BCUT2D eigenvalue weighted by atomic mass is 79.9. The summed E-state index contributed by atoms with van der Waals surface area (Å²) in [6, 6.07) is 5.27. The maximum Gasteiger partial charge on any atom is 0.154 e. The molecule has 0 amide bonds. The highest BCUT2D eigenvalue weighted by Gasteiger charge is 2.13. The number of nitrogen functional groups attached to an aromatic ring is 1. The van der Waals surface area contributed by atoms with Crippen molar-refractivity contribution in [3.05, 3.63) is 28.2 Å². The molecule has 0 saturated carbocycles. The largest absolute Gasteiger partial charge is 0.398 e. The van der Waals surface area contributed by atoms with E-state index in [9.17, 15) is 8.42 Å². The summed E-state index contributed by atoms with van der Waals surface area (Å²) in [5.74, 6) is 0.129. The summed E-state index contributed by atoms with van der Waals surface area (Å²) in [6.45, 7) is 1.63. The predicted octanol–water partition coefficient (Wildman–Crippen LogP) is 1.97. The van der Waals surface area contributed by atoms with Crippen molar-refractivity contribution in [1.82, 2.24) is 0 Å². The van der Waals surface area contributed by atoms with E-state index in [1.54, 1.807) is 25.1 Å². The molecule has 0 aliphatic rings. The van der Waals surface area contributed by atoms with E-state index in [1.807, 2.05) is 0 Å². The average molecular weight is 278 g/mol. The van der Waals surface area contributed by atoms with Crippen LogP contribution in [0.4, 0.5) is 5.69 Å². The van der Waals surface area contributed by atoms with Crippen LogP contribution in [0, 0.1) is 0 Å². The Bertz CT molecular complexity index is 408. The van der Waals surface area contributed by atoms with Crippen molar-refractivity contribution < 1.29 is 8.42 Å². The van der Waals surface area contributed by atoms with E-state index in [2.05, 4.69) is 15.9 Å². The summed E-state index contributed by atoms with van der Waals surface area (Å²) in [6.07, 6.45) is 0. The quantitative estimate of drug-likeness (QED) is 0.860. The number of nitrogens with two attached hydrogens (primary N) is 1. The van der Waals surface area contributed by atoms with Crippen LogP contribution in [0.2, 0.25) is 0 Å². The molecule has 3 nitrogen and oxygen atoms in total. The van der Waals surface area contributed by atoms with Gasteiger partial charge in [0, 0.05) is 21.5 Å². The van der Waals surface area contributed by atoms with Gasteiger partial charge in [-0.15, -0.1) is 0 Å². The van der Waals surface area contributed by atoms with Crippen molar-refractivity contribution in [1.29, 1.82) is 0 Å². The molecule has 0 spiro atoms. The first-order chi connectivity index (χ1) is 6.46. The zero-order chi connectivity index (χ0) is 10.8. The molecule has 0 saturated heterocycles. The molecule has 0 unspecified atom stereocenters. The van der Waals surface area contributed by atoms with Crippen molar-refractivity contribution in [2.24, 2.45) is 0 Å². The van der Waals surface area contributed by atoms with Crippen LogP contribution >= 0.6 is 15.9 Å². The van der Waals surface area contributed by atoms with Crippen molar-refractivity contribution in [2.45, 2.75) is 12.7 Å². The molecular formula is C9H12BrNO2S. The fourth-order valence-electron chi connectivity index (χ4n) is 1.05. The molecule has 0 aromatic heterocycles. The Labute approximate surface area is 92.4 Å². The van der Waals surface area contributed by atoms with Crippen molar-refractivity contribution >= 4 is 31.5 Å². The Kier molecular flexibility index (Phi) is 3.55. The maximum absolute atomic E-state index is 11.4. The molecule has 5 heteroatoms. The lowest BCUT2D eigenvalue weighted by atomic mass is 10.2. The van der Waals surface area contributed by atoms with Crippen LogP contribution in [0.15, 0.2) is 22.7 Å². The number of rotatable bonds is 3. The Morgan fingerprint density at radius 2 is 2.07 bits per heavy atom. The van der Waals surface area contributed by atoms with E-state index in [0.29, 0.717) is 11.3 Å². The second-order valence-electron chi connectivity index (χ2n) is 2.98. The molecule has 0 heterocycles. The minimum Gasteiger partial charge on any atom is -0.398 e. The molecule has 0 aliphatic carbocycles. The van der Waals surface area contributed by atoms with E-state index in [-0.39, 0.29) is 11.5 Å². The molecule has 14 heavy (non-hydrogen) atoms. The van der Waals surface area contributed by atoms with E-state index in [1.165, 1.54) is 0 Å². The van der Waals surface area contributed by atoms with Crippen LogP contribution < -0.4 is 5.73 Å². The molecular weight excluding hydrogens is 266 g/mol. The lowest BCUT2D eigenvalue weighted by molar-refractivity contribution is 0.596. The number of hydrogen-bond acceptors (Lipinski definition) is 3. The number of anilines is 1. The SMILES string of the molecule is CCS(=O)(=O)Cc1c(N)cccc1Br. The summed E-state index contributed by atoms with van der Waals surface area (Å²) >= 11 is 3.28. The van der Waals surface area contributed by atoms with Crippen LogP contribution in [-0.4, -0.2) is 14.2 Å². The van der Waals surface area contributed by atoms with Gasteiger partial charge in [0.15, 0.2) is 9.84 Å². The van der Waals surface area contributed by atoms with Crippen LogP contribution in [0.1, 0.15) is 12.5 Å². The van der Waals surface area contributed by atoms with E-state index >= 15 is 0 Å². The molecule has 0 radical (unpaired) electrons. The first kappa shape index (κ1) is 11.5. The minimum absolute atomic E-state index is 0.00322. The van der Waals surface area contributed by atoms with E-state index in [4.69, 9.17) is 5.73 Å². The number of halogens is 1. The van der Waals surface area contributed by atoms with Gasteiger partial charge in [-0.3, -0.25) is 0 Å². The van der Waals surface area contributed by atoms with E-state index < -0.39 is 9.84 Å². The van der Waals surface area contributed by atoms with Crippen LogP contribution in [0.3, 0.4) is 0 Å². The number of hydrogen-bond donors (Lipinski definition) is 1. The number of benzene rings is 1. The van der Waals surface area contributed by atoms with Gasteiger partial charge in [0.05, 0.1) is 5.75 Å². The zero-order valence-electron chi connectivity index (χ0n) is 7.83. The Hall–Kier alpha value is -0.550. The molecule has 1 rings (SSSR count). The Morgan fingerprint density at radius 3 is 2.57 bits per heavy atom. The van der Waals surface area contributed by atoms with Crippen molar-refractivity contribution in [2.75, 3.05) is 11.5 Å². The summed E-state index contributed by atoms with van der Waals surface area (Å²) in [5, 5.41) is 0. The normalized spacial score (nSPS) is 11.6. The second kappa shape index (κ2) is 4.31. The van der Waals surface area contributed by atoms with E-state index in [0.717, 1.165) is 4.47 Å². The van der Waals surface area contributed by atoms with Gasteiger partial charge in [0.1, 0.15) is 0 Å². The summed E-state index contributed by atoms with van der Waals surface area (Å²) in [4.78, 5) is 0. The van der Waals surface area contributed by atoms with Gasteiger partial charge < -0.3 is 5.73 Å². The molecule has 2 N–H and O–H groups in total. The smallest absolute Gasteiger partial charge is 0.154 e. The predicted molar refractivity (Wildman–Crippen MR) is 61.7 cm³/mol. The molecule has 0 bridgehead atoms. The third kappa shape index (κ3) is 2.72. The fourth-order valence-corrected chi connectivity index (χ4v) is 2.72. The summed E-state index contributed by atoms with van der Waals surface area (Å²) < 4.78 is 23.5. The highest BCUT2D eigenvalue weighted by Crippen LogP contribution is 2.24. The van der Waals surface area contributed by atoms with Crippen LogP contribution in [-0.2, 0) is 15.6 Å². The fraction of sp³-hybridized carbons (Fsp3) is 0.333. The van der Waals surface area contributed by atoms with Gasteiger partial charge in [0.2, 0.25) is 0 Å². The van der Waals surface area contributed by atoms with Gasteiger partial charge in [-0.25, -0.2) is 8.42 Å². The van der Waals surface area contributed by atoms with Gasteiger partial charge in [-0.1, -0.05) is 28.9 Å². The van der Waals surface area contributed by atoms with Crippen molar-refractivity contribution in [3.63, 3.8) is 0 Å². The minimum atomic E-state index is -3.03. The molecule has 0 atom stereocenters. The van der Waals surface area contributed by atoms with Crippen LogP contribution in [0.25, 0.3) is 0 Å². The topological polar surface area (TPSA) is 60.2 Å². The standard InChI is InChI=1S/C9H12BrNO2S/c1-2-14(12,13)6-7-8(10)4-3-5-9(7)11/h3-5H,2,6,11H2,1H3. The molecule has 78 valence electrons. The van der Waals surface area contributed by atoms with Gasteiger partial charge in [-0.05, 0) is 12.1 Å². The van der Waals surface area contributed by atoms with Gasteiger partial charge in [0.25, 0.3) is 0 Å². The molecule has 0 aliphatic heterocycles. The first-order valence-electron chi connectivity index (χ1n) is 4.19.